The molecule has 0 saturated heterocycles. The molecule has 96 valence electrons. The molecule has 6 nitrogen and oxygen atoms in total. The standard InChI is InChI=1S/C9H15ClN4O2S/c1-3-17(15,16)5-4-12-8-7(11)6(2)13-9(10)14-8/h3-5,11H2,1-2H3,(H,12,13,14). The van der Waals surface area contributed by atoms with E-state index in [0.29, 0.717) is 17.2 Å². The summed E-state index contributed by atoms with van der Waals surface area (Å²) in [7, 11) is -3.00. The first-order chi connectivity index (χ1) is 7.85. The number of nitrogens with one attached hydrogen (secondary N) is 1. The van der Waals surface area contributed by atoms with Crippen molar-refractivity contribution in [3.8, 4) is 0 Å². The lowest BCUT2D eigenvalue weighted by Crippen LogP contribution is -2.18. The Hall–Kier alpha value is -1.08. The van der Waals surface area contributed by atoms with Crippen LogP contribution in [-0.2, 0) is 9.84 Å². The normalized spacial score (nSPS) is 11.5. The molecule has 17 heavy (non-hydrogen) atoms. The molecule has 0 radical (unpaired) electrons. The largest absolute Gasteiger partial charge is 0.394 e. The highest BCUT2D eigenvalue weighted by atomic mass is 35.5. The first-order valence-corrected chi connectivity index (χ1v) is 7.29. The van der Waals surface area contributed by atoms with Crippen LogP contribution >= 0.6 is 11.6 Å². The molecule has 0 unspecified atom stereocenters. The summed E-state index contributed by atoms with van der Waals surface area (Å²) in [5.41, 5.74) is 6.68. The van der Waals surface area contributed by atoms with Gasteiger partial charge in [0.2, 0.25) is 5.28 Å². The van der Waals surface area contributed by atoms with Crippen LogP contribution in [-0.4, -0.2) is 36.4 Å². The Bertz CT molecular complexity index is 504. The maximum absolute atomic E-state index is 11.3. The quantitative estimate of drug-likeness (QED) is 0.776. The number of hydrogen-bond acceptors (Lipinski definition) is 6. The number of halogens is 1. The summed E-state index contributed by atoms with van der Waals surface area (Å²) in [4.78, 5) is 7.78. The summed E-state index contributed by atoms with van der Waals surface area (Å²) >= 11 is 5.68. The van der Waals surface area contributed by atoms with E-state index in [1.165, 1.54) is 0 Å². The molecule has 0 atom stereocenters. The van der Waals surface area contributed by atoms with Crippen LogP contribution < -0.4 is 11.1 Å². The Labute approximate surface area is 106 Å². The molecule has 1 heterocycles. The van der Waals surface area contributed by atoms with Gasteiger partial charge in [-0.3, -0.25) is 0 Å². The van der Waals surface area contributed by atoms with Gasteiger partial charge in [-0.25, -0.2) is 13.4 Å². The lowest BCUT2D eigenvalue weighted by molar-refractivity contribution is 0.597. The smallest absolute Gasteiger partial charge is 0.224 e. The van der Waals surface area contributed by atoms with Gasteiger partial charge in [0, 0.05) is 12.3 Å². The molecule has 0 bridgehead atoms. The fourth-order valence-electron chi connectivity index (χ4n) is 1.15. The number of nitrogens with two attached hydrogens (primary N) is 1. The second-order valence-corrected chi connectivity index (χ2v) is 6.31. The highest BCUT2D eigenvalue weighted by molar-refractivity contribution is 7.91. The number of hydrogen-bond donors (Lipinski definition) is 2. The zero-order chi connectivity index (χ0) is 13.1. The molecule has 8 heteroatoms. The zero-order valence-corrected chi connectivity index (χ0v) is 11.3. The van der Waals surface area contributed by atoms with E-state index in [1.54, 1.807) is 13.8 Å². The molecular formula is C9H15ClN4O2S. The maximum Gasteiger partial charge on any atom is 0.224 e. The lowest BCUT2D eigenvalue weighted by Gasteiger charge is -2.09. The average molecular weight is 279 g/mol. The Morgan fingerprint density at radius 1 is 1.41 bits per heavy atom. The van der Waals surface area contributed by atoms with Gasteiger partial charge < -0.3 is 11.1 Å². The number of sulfone groups is 1. The fraction of sp³-hybridized carbons (Fsp3) is 0.556. The Balaban J connectivity index is 2.70. The van der Waals surface area contributed by atoms with E-state index in [-0.39, 0.29) is 23.3 Å². The maximum atomic E-state index is 11.3. The number of nitrogen functional groups attached to an aromatic ring is 1. The minimum atomic E-state index is -3.00. The van der Waals surface area contributed by atoms with Crippen molar-refractivity contribution in [1.82, 2.24) is 9.97 Å². The van der Waals surface area contributed by atoms with Crippen molar-refractivity contribution in [3.05, 3.63) is 11.0 Å². The summed E-state index contributed by atoms with van der Waals surface area (Å²) < 4.78 is 22.6. The Kier molecular flexibility index (Phi) is 4.53. The Morgan fingerprint density at radius 3 is 2.65 bits per heavy atom. The van der Waals surface area contributed by atoms with E-state index < -0.39 is 9.84 Å². The van der Waals surface area contributed by atoms with E-state index >= 15 is 0 Å². The average Bonchev–Trinajstić information content (AvgIpc) is 2.24. The SMILES string of the molecule is CCS(=O)(=O)CCNc1nc(Cl)nc(C)c1N. The highest BCUT2D eigenvalue weighted by Crippen LogP contribution is 2.20. The summed E-state index contributed by atoms with van der Waals surface area (Å²) in [6, 6.07) is 0. The van der Waals surface area contributed by atoms with E-state index in [0.717, 1.165) is 0 Å². The van der Waals surface area contributed by atoms with Gasteiger partial charge in [0.25, 0.3) is 0 Å². The van der Waals surface area contributed by atoms with E-state index in [2.05, 4.69) is 15.3 Å². The first-order valence-electron chi connectivity index (χ1n) is 5.09. The second-order valence-electron chi connectivity index (χ2n) is 3.50. The van der Waals surface area contributed by atoms with Gasteiger partial charge in [0.1, 0.15) is 0 Å². The van der Waals surface area contributed by atoms with Gasteiger partial charge in [-0.1, -0.05) is 6.92 Å². The highest BCUT2D eigenvalue weighted by Gasteiger charge is 2.10. The molecule has 1 rings (SSSR count). The van der Waals surface area contributed by atoms with Crippen LogP contribution in [0.2, 0.25) is 5.28 Å². The summed E-state index contributed by atoms with van der Waals surface area (Å²) in [6.45, 7) is 3.55. The van der Waals surface area contributed by atoms with Crippen molar-refractivity contribution in [2.45, 2.75) is 13.8 Å². The van der Waals surface area contributed by atoms with Crippen LogP contribution in [0.5, 0.6) is 0 Å². The molecule has 1 aromatic heterocycles. The molecule has 0 fully saturated rings. The van der Waals surface area contributed by atoms with Crippen molar-refractivity contribution in [1.29, 1.82) is 0 Å². The van der Waals surface area contributed by atoms with Crippen LogP contribution in [0.25, 0.3) is 0 Å². The topological polar surface area (TPSA) is 98.0 Å². The minimum Gasteiger partial charge on any atom is -0.394 e. The molecule has 0 aromatic carbocycles. The van der Waals surface area contributed by atoms with E-state index in [1.807, 2.05) is 0 Å². The molecule has 1 aromatic rings. The predicted octanol–water partition coefficient (Wildman–Crippen LogP) is 0.867. The number of rotatable bonds is 5. The molecule has 0 spiro atoms. The molecular weight excluding hydrogens is 264 g/mol. The van der Waals surface area contributed by atoms with Crippen LogP contribution in [0, 0.1) is 6.92 Å². The third kappa shape index (κ3) is 4.01. The minimum absolute atomic E-state index is 0.0314. The van der Waals surface area contributed by atoms with Crippen molar-refractivity contribution in [3.63, 3.8) is 0 Å². The van der Waals surface area contributed by atoms with Gasteiger partial charge in [-0.2, -0.15) is 4.98 Å². The molecule has 3 N–H and O–H groups in total. The third-order valence-corrected chi connectivity index (χ3v) is 4.13. The predicted molar refractivity (Wildman–Crippen MR) is 69.0 cm³/mol. The first kappa shape index (κ1) is 14.0. The Morgan fingerprint density at radius 2 is 2.06 bits per heavy atom. The van der Waals surface area contributed by atoms with Crippen molar-refractivity contribution in [2.75, 3.05) is 29.1 Å². The number of aryl methyl sites for hydroxylation is 1. The van der Waals surface area contributed by atoms with Crippen LogP contribution in [0.15, 0.2) is 0 Å². The van der Waals surface area contributed by atoms with Gasteiger partial charge in [-0.05, 0) is 18.5 Å². The monoisotopic (exact) mass is 278 g/mol. The third-order valence-electron chi connectivity index (χ3n) is 2.25. The van der Waals surface area contributed by atoms with Gasteiger partial charge in [-0.15, -0.1) is 0 Å². The number of nitrogens with zero attached hydrogens (tertiary/aromatic N) is 2. The summed E-state index contributed by atoms with van der Waals surface area (Å²) in [5, 5.41) is 2.93. The molecule has 0 saturated carbocycles. The van der Waals surface area contributed by atoms with Crippen LogP contribution in [0.1, 0.15) is 12.6 Å². The summed E-state index contributed by atoms with van der Waals surface area (Å²) in [5.74, 6) is 0.519. The molecule has 0 amide bonds. The van der Waals surface area contributed by atoms with Crippen LogP contribution in [0.3, 0.4) is 0 Å². The van der Waals surface area contributed by atoms with Gasteiger partial charge >= 0.3 is 0 Å². The molecule has 0 aliphatic rings. The zero-order valence-electron chi connectivity index (χ0n) is 9.70. The van der Waals surface area contributed by atoms with Crippen molar-refractivity contribution in [2.24, 2.45) is 0 Å². The van der Waals surface area contributed by atoms with Gasteiger partial charge in [0.15, 0.2) is 15.7 Å². The lowest BCUT2D eigenvalue weighted by atomic mass is 10.3. The molecule has 0 aliphatic carbocycles. The van der Waals surface area contributed by atoms with Crippen LogP contribution in [0.4, 0.5) is 11.5 Å². The second kappa shape index (κ2) is 5.50. The van der Waals surface area contributed by atoms with Crippen molar-refractivity contribution < 1.29 is 8.42 Å². The number of anilines is 2. The van der Waals surface area contributed by atoms with Crippen molar-refractivity contribution >= 4 is 32.9 Å². The fourth-order valence-corrected chi connectivity index (χ4v) is 2.06. The van der Waals surface area contributed by atoms with E-state index in [9.17, 15) is 8.42 Å². The van der Waals surface area contributed by atoms with Gasteiger partial charge in [0.05, 0.1) is 17.1 Å². The number of aromatic nitrogens is 2. The summed E-state index contributed by atoms with van der Waals surface area (Å²) in [6.07, 6.45) is 0. The molecule has 0 aliphatic heterocycles. The van der Waals surface area contributed by atoms with E-state index in [4.69, 9.17) is 17.3 Å².